The quantitative estimate of drug-likeness (QED) is 0.251. The van der Waals surface area contributed by atoms with Crippen molar-refractivity contribution in [3.63, 3.8) is 0 Å². The third kappa shape index (κ3) is 9.11. The van der Waals surface area contributed by atoms with Gasteiger partial charge >= 0.3 is 0 Å². The summed E-state index contributed by atoms with van der Waals surface area (Å²) in [4.78, 5) is 4.60. The predicted octanol–water partition coefficient (Wildman–Crippen LogP) is 3.73. The van der Waals surface area contributed by atoms with Gasteiger partial charge in [0.1, 0.15) is 0 Å². The molecule has 0 fully saturated rings. The molecule has 5 nitrogen and oxygen atoms in total. The van der Waals surface area contributed by atoms with Gasteiger partial charge in [-0.25, -0.2) is 0 Å². The van der Waals surface area contributed by atoms with Gasteiger partial charge in [-0.15, -0.1) is 24.0 Å². The number of hydrogen-bond acceptors (Lipinski definition) is 2. The van der Waals surface area contributed by atoms with Gasteiger partial charge in [-0.1, -0.05) is 23.7 Å². The van der Waals surface area contributed by atoms with E-state index >= 15 is 0 Å². The van der Waals surface area contributed by atoms with Crippen molar-refractivity contribution in [1.29, 1.82) is 0 Å². The smallest absolute Gasteiger partial charge is 0.191 e. The molecule has 0 aliphatic carbocycles. The Morgan fingerprint density at radius 2 is 2.00 bits per heavy atom. The maximum Gasteiger partial charge on any atom is 0.191 e. The Kier molecular flexibility index (Phi) is 11.3. The van der Waals surface area contributed by atoms with E-state index in [2.05, 4.69) is 39.8 Å². The van der Waals surface area contributed by atoms with Gasteiger partial charge in [0, 0.05) is 43.6 Å². The number of nitrogens with zero attached hydrogens (tertiary/aromatic N) is 3. The van der Waals surface area contributed by atoms with E-state index in [9.17, 15) is 0 Å². The van der Waals surface area contributed by atoms with Crippen LogP contribution in [0.5, 0.6) is 0 Å². The first-order valence-corrected chi connectivity index (χ1v) is 8.90. The average molecular weight is 476 g/mol. The largest absolute Gasteiger partial charge is 0.357 e. The highest BCUT2D eigenvalue weighted by molar-refractivity contribution is 14.0. The standard InChI is InChI=1S/C18H26ClN5.HI/c1-2-20-18(22-12-4-14-24-15-5-13-23-24)21-11-3-6-16-7-9-17(19)10-8-16;/h5,7-10,13,15H,2-4,6,11-12,14H2,1H3,(H2,20,21,22);1H. The predicted molar refractivity (Wildman–Crippen MR) is 116 cm³/mol. The lowest BCUT2D eigenvalue weighted by molar-refractivity contribution is 0.583. The van der Waals surface area contributed by atoms with Crippen molar-refractivity contribution in [2.24, 2.45) is 4.99 Å². The molecule has 0 radical (unpaired) electrons. The molecule has 0 unspecified atom stereocenters. The number of nitrogens with one attached hydrogen (secondary N) is 2. The number of halogens is 2. The molecule has 2 N–H and O–H groups in total. The summed E-state index contributed by atoms with van der Waals surface area (Å²) < 4.78 is 1.93. The van der Waals surface area contributed by atoms with Crippen LogP contribution in [0.3, 0.4) is 0 Å². The summed E-state index contributed by atoms with van der Waals surface area (Å²) in [5.74, 6) is 0.883. The van der Waals surface area contributed by atoms with E-state index in [0.717, 1.165) is 56.4 Å². The van der Waals surface area contributed by atoms with Gasteiger partial charge in [0.05, 0.1) is 0 Å². The number of aliphatic imine (C=N–C) groups is 1. The lowest BCUT2D eigenvalue weighted by atomic mass is 10.1. The maximum absolute atomic E-state index is 5.90. The zero-order valence-corrected chi connectivity index (χ0v) is 17.7. The number of hydrogen-bond donors (Lipinski definition) is 2. The van der Waals surface area contributed by atoms with Crippen LogP contribution in [0.25, 0.3) is 0 Å². The molecule has 0 aliphatic rings. The highest BCUT2D eigenvalue weighted by atomic mass is 127. The number of aryl methyl sites for hydroxylation is 2. The maximum atomic E-state index is 5.90. The number of rotatable bonds is 9. The van der Waals surface area contributed by atoms with Gasteiger partial charge in [-0.05, 0) is 49.9 Å². The van der Waals surface area contributed by atoms with Crippen molar-refractivity contribution < 1.29 is 0 Å². The van der Waals surface area contributed by atoms with E-state index in [4.69, 9.17) is 11.6 Å². The van der Waals surface area contributed by atoms with Crippen LogP contribution >= 0.6 is 35.6 Å². The molecule has 0 aliphatic heterocycles. The van der Waals surface area contributed by atoms with Crippen molar-refractivity contribution in [1.82, 2.24) is 20.4 Å². The fraction of sp³-hybridized carbons (Fsp3) is 0.444. The SMILES string of the molecule is CCNC(=NCCCn1cccn1)NCCCc1ccc(Cl)cc1.I. The molecule has 25 heavy (non-hydrogen) atoms. The van der Waals surface area contributed by atoms with Crippen LogP contribution in [0.15, 0.2) is 47.7 Å². The van der Waals surface area contributed by atoms with Crippen molar-refractivity contribution >= 4 is 41.5 Å². The van der Waals surface area contributed by atoms with Crippen molar-refractivity contribution in [3.8, 4) is 0 Å². The second-order valence-corrected chi connectivity index (χ2v) is 5.98. The monoisotopic (exact) mass is 475 g/mol. The summed E-state index contributed by atoms with van der Waals surface area (Å²) in [6.07, 6.45) is 6.84. The Morgan fingerprint density at radius 3 is 2.68 bits per heavy atom. The first kappa shape index (κ1) is 21.8. The van der Waals surface area contributed by atoms with Crippen molar-refractivity contribution in [2.45, 2.75) is 32.7 Å². The van der Waals surface area contributed by atoms with E-state index in [1.807, 2.05) is 29.1 Å². The molecule has 0 saturated carbocycles. The number of benzene rings is 1. The molecule has 0 spiro atoms. The molecule has 0 amide bonds. The first-order chi connectivity index (χ1) is 11.8. The topological polar surface area (TPSA) is 54.2 Å². The van der Waals surface area contributed by atoms with Gasteiger partial charge in [0.15, 0.2) is 5.96 Å². The second-order valence-electron chi connectivity index (χ2n) is 5.54. The summed E-state index contributed by atoms with van der Waals surface area (Å²) in [7, 11) is 0. The van der Waals surface area contributed by atoms with E-state index in [-0.39, 0.29) is 24.0 Å². The molecule has 1 heterocycles. The Bertz CT molecular complexity index is 598. The van der Waals surface area contributed by atoms with Crippen molar-refractivity contribution in [3.05, 3.63) is 53.3 Å². The summed E-state index contributed by atoms with van der Waals surface area (Å²) in [5, 5.41) is 11.6. The van der Waals surface area contributed by atoms with Gasteiger partial charge < -0.3 is 10.6 Å². The summed E-state index contributed by atoms with van der Waals surface area (Å²) in [5.41, 5.74) is 1.31. The molecule has 0 saturated heterocycles. The zero-order chi connectivity index (χ0) is 17.0. The normalized spacial score (nSPS) is 11.0. The third-order valence-corrected chi connectivity index (χ3v) is 3.82. The molecule has 0 atom stereocenters. The molecular weight excluding hydrogens is 449 g/mol. The number of guanidine groups is 1. The fourth-order valence-corrected chi connectivity index (χ4v) is 2.47. The third-order valence-electron chi connectivity index (χ3n) is 3.57. The second kappa shape index (κ2) is 13.0. The minimum Gasteiger partial charge on any atom is -0.357 e. The highest BCUT2D eigenvalue weighted by Gasteiger charge is 1.98. The van der Waals surface area contributed by atoms with E-state index in [1.54, 1.807) is 6.20 Å². The van der Waals surface area contributed by atoms with E-state index in [1.165, 1.54) is 5.56 Å². The van der Waals surface area contributed by atoms with Crippen LogP contribution in [-0.4, -0.2) is 35.4 Å². The summed E-state index contributed by atoms with van der Waals surface area (Å²) in [6, 6.07) is 9.98. The zero-order valence-electron chi connectivity index (χ0n) is 14.6. The Labute approximate surface area is 172 Å². The van der Waals surface area contributed by atoms with Gasteiger partial charge in [-0.2, -0.15) is 5.10 Å². The summed E-state index contributed by atoms with van der Waals surface area (Å²) in [6.45, 7) is 5.52. The average Bonchev–Trinajstić information content (AvgIpc) is 3.10. The molecular formula is C18H27ClIN5. The van der Waals surface area contributed by atoms with E-state index in [0.29, 0.717) is 0 Å². The van der Waals surface area contributed by atoms with Crippen LogP contribution in [-0.2, 0) is 13.0 Å². The highest BCUT2D eigenvalue weighted by Crippen LogP contribution is 2.10. The lowest BCUT2D eigenvalue weighted by Crippen LogP contribution is -2.38. The molecule has 2 aromatic rings. The van der Waals surface area contributed by atoms with Crippen molar-refractivity contribution in [2.75, 3.05) is 19.6 Å². The van der Waals surface area contributed by atoms with Crippen LogP contribution in [0, 0.1) is 0 Å². The van der Waals surface area contributed by atoms with Crippen LogP contribution in [0.4, 0.5) is 0 Å². The minimum absolute atomic E-state index is 0. The van der Waals surface area contributed by atoms with Gasteiger partial charge in [0.2, 0.25) is 0 Å². The molecule has 1 aromatic carbocycles. The van der Waals surface area contributed by atoms with Crippen LogP contribution < -0.4 is 10.6 Å². The number of aromatic nitrogens is 2. The van der Waals surface area contributed by atoms with Crippen LogP contribution in [0.1, 0.15) is 25.3 Å². The molecule has 7 heteroatoms. The molecule has 138 valence electrons. The molecule has 0 bridgehead atoms. The Balaban J connectivity index is 0.00000312. The molecule has 2 rings (SSSR count). The summed E-state index contributed by atoms with van der Waals surface area (Å²) >= 11 is 5.90. The van der Waals surface area contributed by atoms with Gasteiger partial charge in [0.25, 0.3) is 0 Å². The van der Waals surface area contributed by atoms with Gasteiger partial charge in [-0.3, -0.25) is 9.67 Å². The fourth-order valence-electron chi connectivity index (χ4n) is 2.35. The molecule has 1 aromatic heterocycles. The minimum atomic E-state index is 0. The van der Waals surface area contributed by atoms with E-state index < -0.39 is 0 Å². The Hall–Kier alpha value is -1.28. The first-order valence-electron chi connectivity index (χ1n) is 8.52. The lowest BCUT2D eigenvalue weighted by Gasteiger charge is -2.11. The van der Waals surface area contributed by atoms with Crippen LogP contribution in [0.2, 0.25) is 5.02 Å². The Morgan fingerprint density at radius 1 is 1.20 bits per heavy atom.